The molecule has 230 valence electrons. The third kappa shape index (κ3) is 5.49. The lowest BCUT2D eigenvalue weighted by molar-refractivity contribution is -0.142. The molecule has 2 aliphatic heterocycles. The Morgan fingerprint density at radius 3 is 2.32 bits per heavy atom. The molecule has 0 aliphatic carbocycles. The van der Waals surface area contributed by atoms with Gasteiger partial charge in [0.05, 0.1) is 24.2 Å². The third-order valence-electron chi connectivity index (χ3n) is 9.35. The topological polar surface area (TPSA) is 110 Å². The van der Waals surface area contributed by atoms with Gasteiger partial charge in [0.25, 0.3) is 0 Å². The maximum atomic E-state index is 12.3. The highest BCUT2D eigenvalue weighted by Crippen LogP contribution is 2.43. The van der Waals surface area contributed by atoms with Gasteiger partial charge in [-0.3, -0.25) is 14.6 Å². The maximum Gasteiger partial charge on any atom is 0.305 e. The summed E-state index contributed by atoms with van der Waals surface area (Å²) in [6.07, 6.45) is 3.54. The summed E-state index contributed by atoms with van der Waals surface area (Å²) in [6.45, 7) is 18.2. The number of aryl methyl sites for hydroxylation is 3. The first-order chi connectivity index (χ1) is 21.0. The van der Waals surface area contributed by atoms with Crippen molar-refractivity contribution < 1.29 is 19.1 Å². The highest BCUT2D eigenvalue weighted by molar-refractivity contribution is 5.92. The van der Waals surface area contributed by atoms with E-state index in [0.29, 0.717) is 6.42 Å². The van der Waals surface area contributed by atoms with E-state index in [0.717, 1.165) is 79.1 Å². The molecular formula is C36H42N4O4. The number of allylic oxidation sites excluding steroid dienone is 2. The van der Waals surface area contributed by atoms with Gasteiger partial charge in [0.15, 0.2) is 0 Å². The van der Waals surface area contributed by atoms with E-state index >= 15 is 0 Å². The minimum atomic E-state index is -0.379. The molecule has 5 rings (SSSR count). The van der Waals surface area contributed by atoms with E-state index in [2.05, 4.69) is 76.3 Å². The van der Waals surface area contributed by atoms with Gasteiger partial charge in [0, 0.05) is 64.1 Å². The Labute approximate surface area is 258 Å². The molecule has 8 heteroatoms. The SMILES string of the molecule is C=Cc1c(C)c2cc3nc(c(COC(C)=O)c4nc(cc5[nH]c(cc1[nH]2)c(C)c5CC)C(C)=C4C)[C@@H](CCC(=O)OC)[C@@H]3C. The molecule has 0 spiro atoms. The Morgan fingerprint density at radius 1 is 0.955 bits per heavy atom. The molecule has 5 heterocycles. The number of nitrogens with zero attached hydrogens (tertiary/aromatic N) is 2. The standard InChI is InChI=1S/C36H42N4O4/c1-10-24-20(5)29-14-31-22(7)26(12-13-34(42)43-9)36(40-31)27(17-44-23(8)41)35-19(4)18(3)28(39-35)15-32-25(11-2)21(6)30(38-32)16-33(24)37-29/h10,14-16,22,26,37-38H,1,11-13,17H2,2-9H3/t22-,26-/m0/s1. The lowest BCUT2D eigenvalue weighted by atomic mass is 9.85. The summed E-state index contributed by atoms with van der Waals surface area (Å²) in [5.41, 5.74) is 14.6. The Bertz CT molecular complexity index is 1870. The lowest BCUT2D eigenvalue weighted by Gasteiger charge is -2.18. The molecule has 44 heavy (non-hydrogen) atoms. The van der Waals surface area contributed by atoms with Gasteiger partial charge >= 0.3 is 11.9 Å². The van der Waals surface area contributed by atoms with Gasteiger partial charge in [0.2, 0.25) is 0 Å². The van der Waals surface area contributed by atoms with E-state index in [1.807, 2.05) is 6.08 Å². The summed E-state index contributed by atoms with van der Waals surface area (Å²) in [6, 6.07) is 6.36. The van der Waals surface area contributed by atoms with Crippen LogP contribution < -0.4 is 0 Å². The van der Waals surface area contributed by atoms with Crippen LogP contribution in [-0.4, -0.2) is 39.0 Å². The number of rotatable bonds is 7. The summed E-state index contributed by atoms with van der Waals surface area (Å²) < 4.78 is 10.6. The van der Waals surface area contributed by atoms with Crippen molar-refractivity contribution in [1.29, 1.82) is 0 Å². The van der Waals surface area contributed by atoms with Gasteiger partial charge in [-0.25, -0.2) is 4.98 Å². The zero-order valence-electron chi connectivity index (χ0n) is 27.0. The number of aromatic nitrogens is 4. The van der Waals surface area contributed by atoms with Crippen molar-refractivity contribution in [3.8, 4) is 0 Å². The second kappa shape index (κ2) is 12.3. The largest absolute Gasteiger partial charge is 0.469 e. The Hall–Kier alpha value is -4.46. The molecule has 0 saturated heterocycles. The average molecular weight is 595 g/mol. The van der Waals surface area contributed by atoms with E-state index < -0.39 is 0 Å². The first-order valence-electron chi connectivity index (χ1n) is 15.3. The molecule has 2 N–H and O–H groups in total. The van der Waals surface area contributed by atoms with Crippen LogP contribution in [0.15, 0.2) is 24.8 Å². The molecule has 3 aromatic heterocycles. The number of carbonyl (C=O) groups is 2. The Morgan fingerprint density at radius 2 is 1.66 bits per heavy atom. The molecule has 0 saturated carbocycles. The van der Waals surface area contributed by atoms with Gasteiger partial charge < -0.3 is 19.4 Å². The monoisotopic (exact) mass is 594 g/mol. The molecule has 8 bridgehead atoms. The Kier molecular flexibility index (Phi) is 8.64. The number of fused-ring (bicyclic) bond motifs is 8. The van der Waals surface area contributed by atoms with E-state index in [4.69, 9.17) is 19.4 Å². The van der Waals surface area contributed by atoms with Gasteiger partial charge in [-0.05, 0) is 86.6 Å². The predicted octanol–water partition coefficient (Wildman–Crippen LogP) is 7.99. The number of hydrogen-bond acceptors (Lipinski definition) is 6. The molecule has 2 atom stereocenters. The number of nitrogens with one attached hydrogen (secondary N) is 2. The van der Waals surface area contributed by atoms with Crippen molar-refractivity contribution in [1.82, 2.24) is 19.9 Å². The molecule has 3 aromatic rings. The highest BCUT2D eigenvalue weighted by atomic mass is 16.5. The number of ether oxygens (including phenoxy) is 2. The summed E-state index contributed by atoms with van der Waals surface area (Å²) in [4.78, 5) is 42.0. The fourth-order valence-corrected chi connectivity index (χ4v) is 6.52. The van der Waals surface area contributed by atoms with Crippen molar-refractivity contribution >= 4 is 51.2 Å². The number of H-pyrrole nitrogens is 2. The van der Waals surface area contributed by atoms with Crippen molar-refractivity contribution in [2.45, 2.75) is 86.2 Å². The van der Waals surface area contributed by atoms with Gasteiger partial charge in [-0.1, -0.05) is 26.5 Å². The summed E-state index contributed by atoms with van der Waals surface area (Å²) in [7, 11) is 1.40. The second-order valence-electron chi connectivity index (χ2n) is 11.8. The number of carbonyl (C=O) groups excluding carboxylic acids is 2. The van der Waals surface area contributed by atoms with Gasteiger partial charge in [-0.15, -0.1) is 0 Å². The molecule has 0 amide bonds. The fourth-order valence-electron chi connectivity index (χ4n) is 6.52. The molecule has 0 aromatic carbocycles. The van der Waals surface area contributed by atoms with Crippen LogP contribution in [0.2, 0.25) is 0 Å². The number of hydrogen-bond donors (Lipinski definition) is 2. The third-order valence-corrected chi connectivity index (χ3v) is 9.35. The highest BCUT2D eigenvalue weighted by Gasteiger charge is 2.33. The summed E-state index contributed by atoms with van der Waals surface area (Å²) in [5, 5.41) is 0. The number of aromatic amines is 2. The second-order valence-corrected chi connectivity index (χ2v) is 11.8. The van der Waals surface area contributed by atoms with Gasteiger partial charge in [0.1, 0.15) is 6.61 Å². The van der Waals surface area contributed by atoms with Crippen molar-refractivity contribution in [2.24, 2.45) is 0 Å². The van der Waals surface area contributed by atoms with Crippen molar-refractivity contribution in [3.63, 3.8) is 0 Å². The first-order valence-corrected chi connectivity index (χ1v) is 15.3. The molecular weight excluding hydrogens is 552 g/mol. The zero-order chi connectivity index (χ0) is 31.9. The minimum Gasteiger partial charge on any atom is -0.469 e. The number of esters is 2. The maximum absolute atomic E-state index is 12.3. The van der Waals surface area contributed by atoms with Gasteiger partial charge in [-0.2, -0.15) is 0 Å². The van der Waals surface area contributed by atoms with Crippen LogP contribution in [0.5, 0.6) is 0 Å². The smallest absolute Gasteiger partial charge is 0.305 e. The number of methoxy groups -OCH3 is 1. The van der Waals surface area contributed by atoms with E-state index in [9.17, 15) is 9.59 Å². The molecule has 2 aliphatic rings. The minimum absolute atomic E-state index is 0.0118. The molecule has 8 nitrogen and oxygen atoms in total. The van der Waals surface area contributed by atoms with Crippen LogP contribution in [0.25, 0.3) is 39.3 Å². The van der Waals surface area contributed by atoms with E-state index in [1.165, 1.54) is 25.2 Å². The first kappa shape index (κ1) is 31.0. The fraction of sp³-hybridized carbons (Fsp3) is 0.389. The quantitative estimate of drug-likeness (QED) is 0.268. The molecule has 0 fully saturated rings. The van der Waals surface area contributed by atoms with Crippen LogP contribution in [-0.2, 0) is 32.1 Å². The Balaban J connectivity index is 1.96. The van der Waals surface area contributed by atoms with Crippen LogP contribution in [0.4, 0.5) is 0 Å². The van der Waals surface area contributed by atoms with Crippen molar-refractivity contribution in [2.75, 3.05) is 7.11 Å². The predicted molar refractivity (Wildman–Crippen MR) is 176 cm³/mol. The van der Waals surface area contributed by atoms with Crippen LogP contribution in [0, 0.1) is 13.8 Å². The summed E-state index contributed by atoms with van der Waals surface area (Å²) >= 11 is 0. The van der Waals surface area contributed by atoms with E-state index in [1.54, 1.807) is 0 Å². The molecule has 0 radical (unpaired) electrons. The zero-order valence-corrected chi connectivity index (χ0v) is 27.0. The normalized spacial score (nSPS) is 16.3. The average Bonchev–Trinajstić information content (AvgIpc) is 3.65. The summed E-state index contributed by atoms with van der Waals surface area (Å²) in [5.74, 6) is -0.768. The van der Waals surface area contributed by atoms with Crippen LogP contribution >= 0.6 is 0 Å². The lowest BCUT2D eigenvalue weighted by Crippen LogP contribution is -2.11. The van der Waals surface area contributed by atoms with Crippen LogP contribution in [0.1, 0.15) is 110 Å². The molecule has 0 unspecified atom stereocenters. The van der Waals surface area contributed by atoms with Crippen molar-refractivity contribution in [3.05, 3.63) is 75.4 Å². The van der Waals surface area contributed by atoms with E-state index in [-0.39, 0.29) is 36.8 Å². The van der Waals surface area contributed by atoms with Crippen LogP contribution in [0.3, 0.4) is 0 Å².